The van der Waals surface area contributed by atoms with E-state index in [-0.39, 0.29) is 18.3 Å². The minimum atomic E-state index is -0.833. The number of aliphatic carboxylic acids is 1. The van der Waals surface area contributed by atoms with Gasteiger partial charge in [-0.2, -0.15) is 0 Å². The molecule has 6 heteroatoms. The predicted molar refractivity (Wildman–Crippen MR) is 93.0 cm³/mol. The van der Waals surface area contributed by atoms with E-state index >= 15 is 0 Å². The van der Waals surface area contributed by atoms with Gasteiger partial charge in [-0.1, -0.05) is 6.07 Å². The molecule has 24 heavy (non-hydrogen) atoms. The lowest BCUT2D eigenvalue weighted by molar-refractivity contribution is -0.137. The summed E-state index contributed by atoms with van der Waals surface area (Å²) in [6.07, 6.45) is 2.23. The van der Waals surface area contributed by atoms with Crippen LogP contribution in [0.2, 0.25) is 0 Å². The lowest BCUT2D eigenvalue weighted by atomic mass is 10.1. The van der Waals surface area contributed by atoms with E-state index in [0.717, 1.165) is 5.56 Å². The molecule has 4 nitrogen and oxygen atoms in total. The number of ether oxygens (including phenoxy) is 1. The number of hydrogen-bond acceptors (Lipinski definition) is 4. The van der Waals surface area contributed by atoms with Crippen LogP contribution in [0.3, 0.4) is 0 Å². The first-order valence-corrected chi connectivity index (χ1v) is 8.72. The van der Waals surface area contributed by atoms with Crippen molar-refractivity contribution in [2.45, 2.75) is 37.7 Å². The van der Waals surface area contributed by atoms with Crippen LogP contribution in [-0.2, 0) is 4.79 Å². The van der Waals surface area contributed by atoms with Crippen molar-refractivity contribution in [1.82, 2.24) is 4.98 Å². The van der Waals surface area contributed by atoms with E-state index in [1.54, 1.807) is 18.3 Å². The molecular formula is C18H20FNO3S. The molecule has 0 saturated heterocycles. The lowest BCUT2D eigenvalue weighted by Gasteiger charge is -2.13. The van der Waals surface area contributed by atoms with Gasteiger partial charge in [0.2, 0.25) is 5.88 Å². The third-order valence-electron chi connectivity index (χ3n) is 3.15. The zero-order valence-electron chi connectivity index (χ0n) is 13.7. The van der Waals surface area contributed by atoms with Crippen molar-refractivity contribution in [3.63, 3.8) is 0 Å². The lowest BCUT2D eigenvalue weighted by Crippen LogP contribution is -2.07. The normalized spacial score (nSPS) is 10.8. The first kappa shape index (κ1) is 18.3. The number of aromatic nitrogens is 1. The van der Waals surface area contributed by atoms with E-state index in [9.17, 15) is 9.18 Å². The summed E-state index contributed by atoms with van der Waals surface area (Å²) in [6, 6.07) is 8.63. The molecule has 0 aliphatic heterocycles. The minimum Gasteiger partial charge on any atom is -0.481 e. The quantitative estimate of drug-likeness (QED) is 0.556. The van der Waals surface area contributed by atoms with Crippen LogP contribution in [0.1, 0.15) is 26.7 Å². The first-order valence-electron chi connectivity index (χ1n) is 7.73. The van der Waals surface area contributed by atoms with Gasteiger partial charge in [0.15, 0.2) is 0 Å². The third-order valence-corrected chi connectivity index (χ3v) is 4.29. The number of carboxylic acid groups (broad SMARTS) is 1. The Kier molecular flexibility index (Phi) is 6.61. The third kappa shape index (κ3) is 5.23. The zero-order valence-corrected chi connectivity index (χ0v) is 14.5. The van der Waals surface area contributed by atoms with Crippen LogP contribution in [0.5, 0.6) is 5.88 Å². The molecule has 0 saturated carbocycles. The van der Waals surface area contributed by atoms with Crippen LogP contribution in [-0.4, -0.2) is 27.9 Å². The highest BCUT2D eigenvalue weighted by Crippen LogP contribution is 2.32. The number of thioether (sulfide) groups is 1. The molecular weight excluding hydrogens is 329 g/mol. The molecule has 1 aromatic heterocycles. The standard InChI is InChI=1S/C18H20FNO3S/c1-12(2)23-18-14(5-3-9-20-18)13-7-8-16(15(19)11-13)24-10-4-6-17(21)22/h3,5,7-9,11-12H,4,6,10H2,1-2H3,(H,21,22). The fraction of sp³-hybridized carbons (Fsp3) is 0.333. The molecule has 0 spiro atoms. The summed E-state index contributed by atoms with van der Waals surface area (Å²) in [4.78, 5) is 15.2. The molecule has 1 N–H and O–H groups in total. The van der Waals surface area contributed by atoms with Crippen molar-refractivity contribution in [3.05, 3.63) is 42.3 Å². The summed E-state index contributed by atoms with van der Waals surface area (Å²) in [6.45, 7) is 3.83. The predicted octanol–water partition coefficient (Wildman–Crippen LogP) is 4.63. The average Bonchev–Trinajstić information content (AvgIpc) is 2.52. The fourth-order valence-corrected chi connectivity index (χ4v) is 2.99. The number of benzene rings is 1. The maximum Gasteiger partial charge on any atom is 0.303 e. The highest BCUT2D eigenvalue weighted by atomic mass is 32.2. The number of nitrogens with zero attached hydrogens (tertiary/aromatic N) is 1. The Morgan fingerprint density at radius 1 is 1.38 bits per heavy atom. The molecule has 0 unspecified atom stereocenters. The van der Waals surface area contributed by atoms with E-state index in [1.807, 2.05) is 26.0 Å². The van der Waals surface area contributed by atoms with Crippen LogP contribution in [0, 0.1) is 5.82 Å². The van der Waals surface area contributed by atoms with E-state index in [4.69, 9.17) is 9.84 Å². The summed E-state index contributed by atoms with van der Waals surface area (Å²) in [5.41, 5.74) is 1.44. The molecule has 1 heterocycles. The summed E-state index contributed by atoms with van der Waals surface area (Å²) >= 11 is 1.32. The first-order chi connectivity index (χ1) is 11.5. The van der Waals surface area contributed by atoms with Gasteiger partial charge in [-0.3, -0.25) is 4.79 Å². The van der Waals surface area contributed by atoms with E-state index in [0.29, 0.717) is 28.5 Å². The molecule has 0 amide bonds. The molecule has 2 rings (SSSR count). The highest BCUT2D eigenvalue weighted by Gasteiger charge is 2.12. The van der Waals surface area contributed by atoms with Crippen molar-refractivity contribution in [2.24, 2.45) is 0 Å². The second kappa shape index (κ2) is 8.68. The molecule has 0 atom stereocenters. The topological polar surface area (TPSA) is 59.4 Å². The van der Waals surface area contributed by atoms with Crippen LogP contribution < -0.4 is 4.74 Å². The van der Waals surface area contributed by atoms with E-state index in [1.165, 1.54) is 17.8 Å². The van der Waals surface area contributed by atoms with E-state index in [2.05, 4.69) is 4.98 Å². The monoisotopic (exact) mass is 349 g/mol. The molecule has 0 bridgehead atoms. The van der Waals surface area contributed by atoms with Gasteiger partial charge in [0.25, 0.3) is 0 Å². The molecule has 2 aromatic rings. The summed E-state index contributed by atoms with van der Waals surface area (Å²) < 4.78 is 20.0. The molecule has 128 valence electrons. The Labute approximate surface area is 145 Å². The number of hydrogen-bond donors (Lipinski definition) is 1. The molecule has 0 fully saturated rings. The van der Waals surface area contributed by atoms with Gasteiger partial charge in [0.1, 0.15) is 5.82 Å². The van der Waals surface area contributed by atoms with Crippen molar-refractivity contribution in [2.75, 3.05) is 5.75 Å². The van der Waals surface area contributed by atoms with Crippen molar-refractivity contribution >= 4 is 17.7 Å². The number of pyridine rings is 1. The highest BCUT2D eigenvalue weighted by molar-refractivity contribution is 7.99. The van der Waals surface area contributed by atoms with Crippen LogP contribution in [0.25, 0.3) is 11.1 Å². The van der Waals surface area contributed by atoms with Crippen LogP contribution in [0.4, 0.5) is 4.39 Å². The summed E-state index contributed by atoms with van der Waals surface area (Å²) in [5.74, 6) is -0.112. The number of carboxylic acids is 1. The van der Waals surface area contributed by atoms with Crippen LogP contribution >= 0.6 is 11.8 Å². The Balaban J connectivity index is 2.13. The largest absolute Gasteiger partial charge is 0.481 e. The Morgan fingerprint density at radius 3 is 2.83 bits per heavy atom. The van der Waals surface area contributed by atoms with Crippen LogP contribution in [0.15, 0.2) is 41.4 Å². The maximum absolute atomic E-state index is 14.3. The number of halogens is 1. The zero-order chi connectivity index (χ0) is 17.5. The van der Waals surface area contributed by atoms with E-state index < -0.39 is 5.97 Å². The van der Waals surface area contributed by atoms with Gasteiger partial charge in [-0.05, 0) is 55.9 Å². The van der Waals surface area contributed by atoms with Gasteiger partial charge >= 0.3 is 5.97 Å². The van der Waals surface area contributed by atoms with Gasteiger partial charge in [-0.25, -0.2) is 9.37 Å². The second-order valence-electron chi connectivity index (χ2n) is 5.51. The Morgan fingerprint density at radius 2 is 2.17 bits per heavy atom. The van der Waals surface area contributed by atoms with Crippen molar-refractivity contribution in [3.8, 4) is 17.0 Å². The van der Waals surface area contributed by atoms with Gasteiger partial charge in [0.05, 0.1) is 6.10 Å². The minimum absolute atomic E-state index is 0.0208. The van der Waals surface area contributed by atoms with Gasteiger partial charge < -0.3 is 9.84 Å². The van der Waals surface area contributed by atoms with Crippen molar-refractivity contribution in [1.29, 1.82) is 0 Å². The summed E-state index contributed by atoms with van der Waals surface area (Å²) in [7, 11) is 0. The second-order valence-corrected chi connectivity index (χ2v) is 6.65. The maximum atomic E-state index is 14.3. The van der Waals surface area contributed by atoms with Crippen molar-refractivity contribution < 1.29 is 19.0 Å². The number of carbonyl (C=O) groups is 1. The smallest absolute Gasteiger partial charge is 0.303 e. The number of rotatable bonds is 8. The average molecular weight is 349 g/mol. The molecule has 1 aromatic carbocycles. The Hall–Kier alpha value is -2.08. The molecule has 0 radical (unpaired) electrons. The fourth-order valence-electron chi connectivity index (χ4n) is 2.12. The molecule has 0 aliphatic carbocycles. The summed E-state index contributed by atoms with van der Waals surface area (Å²) in [5, 5.41) is 8.61. The molecule has 0 aliphatic rings. The van der Waals surface area contributed by atoms with Gasteiger partial charge in [0, 0.05) is 23.1 Å². The Bertz CT molecular complexity index is 706. The SMILES string of the molecule is CC(C)Oc1ncccc1-c1ccc(SCCCC(=O)O)c(F)c1. The van der Waals surface area contributed by atoms with Gasteiger partial charge in [-0.15, -0.1) is 11.8 Å².